The molecule has 2 fully saturated rings. The van der Waals surface area contributed by atoms with Crippen molar-refractivity contribution in [3.8, 4) is 0 Å². The summed E-state index contributed by atoms with van der Waals surface area (Å²) in [6.07, 6.45) is 4.55. The van der Waals surface area contributed by atoms with E-state index >= 15 is 0 Å². The van der Waals surface area contributed by atoms with Crippen LogP contribution in [-0.4, -0.2) is 50.4 Å². The average Bonchev–Trinajstić information content (AvgIpc) is 3.32. The van der Waals surface area contributed by atoms with Crippen LogP contribution >= 0.6 is 0 Å². The molecule has 1 unspecified atom stereocenters. The Morgan fingerprint density at radius 2 is 1.76 bits per heavy atom. The molecule has 10 heteroatoms. The lowest BCUT2D eigenvalue weighted by Crippen LogP contribution is -2.48. The van der Waals surface area contributed by atoms with Gasteiger partial charge < -0.3 is 15.1 Å². The number of fused-ring (bicyclic) bond motifs is 3. The molecule has 6 rings (SSSR count). The molecule has 3 aliphatic rings. The van der Waals surface area contributed by atoms with Crippen LogP contribution < -0.4 is 15.1 Å². The zero-order chi connectivity index (χ0) is 22.5. The summed E-state index contributed by atoms with van der Waals surface area (Å²) in [7, 11) is 0. The van der Waals surface area contributed by atoms with Crippen molar-refractivity contribution >= 4 is 23.4 Å². The van der Waals surface area contributed by atoms with Crippen molar-refractivity contribution in [2.75, 3.05) is 34.8 Å². The Morgan fingerprint density at radius 3 is 2.52 bits per heavy atom. The van der Waals surface area contributed by atoms with E-state index in [1.165, 1.54) is 18.5 Å². The van der Waals surface area contributed by atoms with Gasteiger partial charge in [0.1, 0.15) is 12.1 Å². The van der Waals surface area contributed by atoms with Crippen molar-refractivity contribution in [1.29, 1.82) is 0 Å². The molecule has 2 aromatic heterocycles. The van der Waals surface area contributed by atoms with Gasteiger partial charge in [-0.25, -0.2) is 23.4 Å². The molecule has 1 N–H and O–H groups in total. The summed E-state index contributed by atoms with van der Waals surface area (Å²) in [4.78, 5) is 17.1. The van der Waals surface area contributed by atoms with Crippen LogP contribution in [0.25, 0.3) is 0 Å². The number of piperidine rings is 1. The smallest absolute Gasteiger partial charge is 0.244 e. The van der Waals surface area contributed by atoms with Crippen LogP contribution in [0, 0.1) is 30.4 Å². The lowest BCUT2D eigenvalue weighted by Gasteiger charge is -2.38. The maximum Gasteiger partial charge on any atom is 0.244 e. The van der Waals surface area contributed by atoms with E-state index in [2.05, 4.69) is 25.1 Å². The molecule has 4 heterocycles. The molecular formula is C23H26F2N8. The predicted molar refractivity (Wildman–Crippen MR) is 121 cm³/mol. The molecule has 33 heavy (non-hydrogen) atoms. The van der Waals surface area contributed by atoms with Crippen LogP contribution in [0.2, 0.25) is 0 Å². The van der Waals surface area contributed by atoms with E-state index in [1.807, 2.05) is 4.68 Å². The number of anilines is 4. The van der Waals surface area contributed by atoms with Gasteiger partial charge in [-0.05, 0) is 62.3 Å². The fraction of sp³-hybridized carbons (Fsp3) is 0.478. The molecule has 1 saturated heterocycles. The molecular weight excluding hydrogens is 426 g/mol. The van der Waals surface area contributed by atoms with Crippen LogP contribution in [-0.2, 0) is 6.54 Å². The van der Waals surface area contributed by atoms with Gasteiger partial charge in [0.25, 0.3) is 0 Å². The monoisotopic (exact) mass is 452 g/mol. The summed E-state index contributed by atoms with van der Waals surface area (Å²) in [5.41, 5.74) is 1.29. The quantitative estimate of drug-likeness (QED) is 0.649. The zero-order valence-electron chi connectivity index (χ0n) is 18.5. The molecule has 3 atom stereocenters. The number of halogens is 2. The van der Waals surface area contributed by atoms with E-state index in [0.717, 1.165) is 57.1 Å². The molecule has 172 valence electrons. The molecule has 8 nitrogen and oxygen atoms in total. The number of aromatic nitrogens is 5. The molecule has 0 amide bonds. The normalized spacial score (nSPS) is 24.2. The van der Waals surface area contributed by atoms with Crippen molar-refractivity contribution in [1.82, 2.24) is 24.7 Å². The van der Waals surface area contributed by atoms with Gasteiger partial charge in [0.15, 0.2) is 11.6 Å². The highest BCUT2D eigenvalue weighted by Crippen LogP contribution is 2.40. The topological polar surface area (TPSA) is 75.0 Å². The molecule has 0 radical (unpaired) electrons. The van der Waals surface area contributed by atoms with Gasteiger partial charge in [-0.1, -0.05) is 0 Å². The van der Waals surface area contributed by atoms with E-state index in [0.29, 0.717) is 29.3 Å². The SMILES string of the molecule is Cc1ncnc(N2CC3CC[C@@H](C2)[C@@H]3Nc2nc3n(n2)CCCN3c2ccc(F)cc2)c1F. The zero-order valence-corrected chi connectivity index (χ0v) is 18.5. The number of aryl methyl sites for hydroxylation is 2. The molecule has 2 aliphatic heterocycles. The summed E-state index contributed by atoms with van der Waals surface area (Å²) in [6, 6.07) is 6.73. The lowest BCUT2D eigenvalue weighted by molar-refractivity contribution is 0.371. The molecule has 1 saturated carbocycles. The van der Waals surface area contributed by atoms with Gasteiger partial charge in [0.2, 0.25) is 11.9 Å². The fourth-order valence-corrected chi connectivity index (χ4v) is 5.53. The molecule has 0 spiro atoms. The summed E-state index contributed by atoms with van der Waals surface area (Å²) in [6.45, 7) is 4.79. The van der Waals surface area contributed by atoms with E-state index in [9.17, 15) is 8.78 Å². The second kappa shape index (κ2) is 7.93. The Labute approximate surface area is 190 Å². The first kappa shape index (κ1) is 20.3. The Hall–Kier alpha value is -3.30. The van der Waals surface area contributed by atoms with E-state index in [-0.39, 0.29) is 17.7 Å². The van der Waals surface area contributed by atoms with E-state index in [4.69, 9.17) is 10.1 Å². The first-order valence-corrected chi connectivity index (χ1v) is 11.5. The van der Waals surface area contributed by atoms with E-state index < -0.39 is 0 Å². The summed E-state index contributed by atoms with van der Waals surface area (Å²) >= 11 is 0. The fourth-order valence-electron chi connectivity index (χ4n) is 5.53. The number of nitrogens with one attached hydrogen (secondary N) is 1. The third-order valence-corrected chi connectivity index (χ3v) is 7.16. The minimum Gasteiger partial charge on any atom is -0.353 e. The number of hydrogen-bond donors (Lipinski definition) is 1. The van der Waals surface area contributed by atoms with E-state index in [1.54, 1.807) is 19.1 Å². The first-order chi connectivity index (χ1) is 16.1. The average molecular weight is 453 g/mol. The highest BCUT2D eigenvalue weighted by atomic mass is 19.1. The maximum atomic E-state index is 14.6. The van der Waals surface area contributed by atoms with Gasteiger partial charge in [0, 0.05) is 37.9 Å². The molecule has 1 aliphatic carbocycles. The predicted octanol–water partition coefficient (Wildman–Crippen LogP) is 3.52. The highest BCUT2D eigenvalue weighted by molar-refractivity contribution is 5.59. The summed E-state index contributed by atoms with van der Waals surface area (Å²) in [5.74, 6) is 1.96. The second-order valence-corrected chi connectivity index (χ2v) is 9.21. The van der Waals surface area contributed by atoms with Crippen LogP contribution in [0.3, 0.4) is 0 Å². The summed E-state index contributed by atoms with van der Waals surface area (Å²) in [5, 5.41) is 8.32. The molecule has 3 aromatic rings. The lowest BCUT2D eigenvalue weighted by atomic mass is 9.92. The van der Waals surface area contributed by atoms with Crippen molar-refractivity contribution in [3.05, 3.63) is 47.9 Å². The maximum absolute atomic E-state index is 14.6. The third kappa shape index (κ3) is 3.57. The number of rotatable bonds is 4. The largest absolute Gasteiger partial charge is 0.353 e. The molecule has 2 bridgehead atoms. The van der Waals surface area contributed by atoms with Crippen molar-refractivity contribution < 1.29 is 8.78 Å². The third-order valence-electron chi connectivity index (χ3n) is 7.16. The van der Waals surface area contributed by atoms with Crippen molar-refractivity contribution in [2.24, 2.45) is 11.8 Å². The van der Waals surface area contributed by atoms with Crippen LogP contribution in [0.5, 0.6) is 0 Å². The Balaban J connectivity index is 1.20. The Kier molecular flexibility index (Phi) is 4.88. The van der Waals surface area contributed by atoms with Crippen molar-refractivity contribution in [2.45, 2.75) is 38.8 Å². The Bertz CT molecular complexity index is 1150. The van der Waals surface area contributed by atoms with Gasteiger partial charge in [-0.15, -0.1) is 5.10 Å². The number of hydrogen-bond acceptors (Lipinski definition) is 7. The van der Waals surface area contributed by atoms with Gasteiger partial charge in [0.05, 0.1) is 5.69 Å². The van der Waals surface area contributed by atoms with Crippen LogP contribution in [0.4, 0.5) is 32.2 Å². The van der Waals surface area contributed by atoms with Gasteiger partial charge in [-0.2, -0.15) is 4.98 Å². The molecule has 1 aromatic carbocycles. The minimum atomic E-state index is -0.326. The first-order valence-electron chi connectivity index (χ1n) is 11.5. The van der Waals surface area contributed by atoms with Crippen molar-refractivity contribution in [3.63, 3.8) is 0 Å². The second-order valence-electron chi connectivity index (χ2n) is 9.21. The summed E-state index contributed by atoms with van der Waals surface area (Å²) < 4.78 is 29.9. The minimum absolute atomic E-state index is 0.246. The van der Waals surface area contributed by atoms with Crippen LogP contribution in [0.1, 0.15) is 25.0 Å². The standard InChI is InChI=1S/C23H26F2N8/c1-14-19(25)21(27-13-26-14)31-11-15-3-4-16(12-31)20(15)28-22-29-23-32(9-2-10-33(23)30-22)18-7-5-17(24)6-8-18/h5-8,13,15-16,20H,2-4,9-12H2,1H3,(H,28,30)/t15-,16?,20-/m0/s1. The number of nitrogens with zero attached hydrogens (tertiary/aromatic N) is 7. The number of benzene rings is 1. The Morgan fingerprint density at radius 1 is 1.00 bits per heavy atom. The highest BCUT2D eigenvalue weighted by Gasteiger charge is 2.43. The van der Waals surface area contributed by atoms with Gasteiger partial charge >= 0.3 is 0 Å². The van der Waals surface area contributed by atoms with Gasteiger partial charge in [-0.3, -0.25) is 0 Å². The van der Waals surface area contributed by atoms with Crippen LogP contribution in [0.15, 0.2) is 30.6 Å².